The highest BCUT2D eigenvalue weighted by atomic mass is 16.6. The van der Waals surface area contributed by atoms with Gasteiger partial charge in [-0.05, 0) is 24.6 Å². The number of nitro groups is 1. The normalized spacial score (nSPS) is 10.0. The van der Waals surface area contributed by atoms with Crippen LogP contribution in [0.1, 0.15) is 15.9 Å². The third-order valence-electron chi connectivity index (χ3n) is 3.37. The van der Waals surface area contributed by atoms with E-state index in [1.807, 2.05) is 0 Å². The lowest BCUT2D eigenvalue weighted by molar-refractivity contribution is -0.384. The third kappa shape index (κ3) is 4.54. The van der Waals surface area contributed by atoms with Gasteiger partial charge in [0.1, 0.15) is 5.75 Å². The first-order valence-electron chi connectivity index (χ1n) is 7.27. The number of hydrogen-bond acceptors (Lipinski definition) is 6. The van der Waals surface area contributed by atoms with Crippen molar-refractivity contribution in [3.8, 4) is 5.75 Å². The highest BCUT2D eigenvalue weighted by Gasteiger charge is 2.16. The summed E-state index contributed by atoms with van der Waals surface area (Å²) in [5.74, 6) is -1.01. The minimum atomic E-state index is -0.638. The van der Waals surface area contributed by atoms with Crippen LogP contribution in [-0.4, -0.2) is 30.5 Å². The van der Waals surface area contributed by atoms with Gasteiger partial charge in [0.2, 0.25) is 0 Å². The number of carbonyl (C=O) groups excluding carboxylic acids is 2. The molecule has 0 saturated carbocycles. The molecule has 0 aliphatic rings. The molecule has 0 aliphatic carbocycles. The van der Waals surface area contributed by atoms with Gasteiger partial charge in [-0.1, -0.05) is 18.2 Å². The average Bonchev–Trinajstić information content (AvgIpc) is 2.60. The molecule has 8 nitrogen and oxygen atoms in total. The van der Waals surface area contributed by atoms with E-state index in [9.17, 15) is 19.7 Å². The van der Waals surface area contributed by atoms with Crippen molar-refractivity contribution in [2.45, 2.75) is 6.92 Å². The molecule has 1 amide bonds. The lowest BCUT2D eigenvalue weighted by Crippen LogP contribution is -2.21. The van der Waals surface area contributed by atoms with E-state index in [0.29, 0.717) is 5.56 Å². The Kier molecular flexibility index (Phi) is 5.67. The number of amides is 1. The minimum absolute atomic E-state index is 0.119. The summed E-state index contributed by atoms with van der Waals surface area (Å²) in [6.07, 6.45) is 0. The number of hydrogen-bond donors (Lipinski definition) is 1. The van der Waals surface area contributed by atoms with Gasteiger partial charge in [0.15, 0.2) is 6.61 Å². The van der Waals surface area contributed by atoms with Crippen molar-refractivity contribution >= 4 is 23.3 Å². The summed E-state index contributed by atoms with van der Waals surface area (Å²) in [5, 5.41) is 13.3. The number of nitrogens with zero attached hydrogens (tertiary/aromatic N) is 1. The van der Waals surface area contributed by atoms with Crippen LogP contribution in [-0.2, 0) is 9.53 Å². The lowest BCUT2D eigenvalue weighted by Gasteiger charge is -2.10. The SMILES string of the molecule is COc1ccc([N+](=O)[O-])cc1NC(=O)COC(=O)c1ccccc1C. The molecule has 0 spiro atoms. The number of aryl methyl sites for hydroxylation is 1. The maximum absolute atomic E-state index is 12.0. The van der Waals surface area contributed by atoms with Crippen molar-refractivity contribution in [3.63, 3.8) is 0 Å². The standard InChI is InChI=1S/C17H16N2O6/c1-11-5-3-4-6-13(11)17(21)25-10-16(20)18-14-9-12(19(22)23)7-8-15(14)24-2/h3-9H,10H2,1-2H3,(H,18,20). The van der Waals surface area contributed by atoms with Crippen molar-refractivity contribution in [2.24, 2.45) is 0 Å². The Bertz CT molecular complexity index is 819. The topological polar surface area (TPSA) is 108 Å². The number of methoxy groups -OCH3 is 1. The lowest BCUT2D eigenvalue weighted by atomic mass is 10.1. The van der Waals surface area contributed by atoms with Crippen LogP contribution in [0.3, 0.4) is 0 Å². The van der Waals surface area contributed by atoms with Gasteiger partial charge in [0, 0.05) is 12.1 Å². The fourth-order valence-electron chi connectivity index (χ4n) is 2.10. The maximum Gasteiger partial charge on any atom is 0.338 e. The second-order valence-electron chi connectivity index (χ2n) is 5.08. The molecule has 0 atom stereocenters. The van der Waals surface area contributed by atoms with Crippen molar-refractivity contribution < 1.29 is 24.0 Å². The number of carbonyl (C=O) groups is 2. The number of non-ortho nitro benzene ring substituents is 1. The van der Waals surface area contributed by atoms with Gasteiger partial charge in [0.05, 0.1) is 23.3 Å². The number of benzene rings is 2. The van der Waals surface area contributed by atoms with E-state index in [2.05, 4.69) is 5.32 Å². The molecule has 0 saturated heterocycles. The molecule has 2 rings (SSSR count). The van der Waals surface area contributed by atoms with Gasteiger partial charge in [-0.3, -0.25) is 14.9 Å². The van der Waals surface area contributed by atoms with Gasteiger partial charge in [-0.25, -0.2) is 4.79 Å². The smallest absolute Gasteiger partial charge is 0.338 e. The Labute approximate surface area is 143 Å². The predicted octanol–water partition coefficient (Wildman–Crippen LogP) is 2.71. The zero-order chi connectivity index (χ0) is 18.4. The number of nitrogens with one attached hydrogen (secondary N) is 1. The zero-order valence-corrected chi connectivity index (χ0v) is 13.6. The Balaban J connectivity index is 2.03. The summed E-state index contributed by atoms with van der Waals surface area (Å²) >= 11 is 0. The molecular formula is C17H16N2O6. The second-order valence-corrected chi connectivity index (χ2v) is 5.08. The van der Waals surface area contributed by atoms with E-state index >= 15 is 0 Å². The number of nitro benzene ring substituents is 1. The summed E-state index contributed by atoms with van der Waals surface area (Å²) in [4.78, 5) is 34.2. The van der Waals surface area contributed by atoms with Gasteiger partial charge >= 0.3 is 5.97 Å². The highest BCUT2D eigenvalue weighted by Crippen LogP contribution is 2.28. The Morgan fingerprint density at radius 2 is 1.92 bits per heavy atom. The summed E-state index contributed by atoms with van der Waals surface area (Å²) in [7, 11) is 1.37. The average molecular weight is 344 g/mol. The van der Waals surface area contributed by atoms with E-state index in [-0.39, 0.29) is 17.1 Å². The molecule has 0 aliphatic heterocycles. The first kappa shape index (κ1) is 17.9. The van der Waals surface area contributed by atoms with Crippen LogP contribution >= 0.6 is 0 Å². The highest BCUT2D eigenvalue weighted by molar-refractivity contribution is 5.97. The van der Waals surface area contributed by atoms with Gasteiger partial charge in [-0.2, -0.15) is 0 Å². The van der Waals surface area contributed by atoms with Crippen LogP contribution in [0.5, 0.6) is 5.75 Å². The molecule has 0 unspecified atom stereocenters. The van der Waals surface area contributed by atoms with Crippen molar-refractivity contribution in [1.29, 1.82) is 0 Å². The third-order valence-corrected chi connectivity index (χ3v) is 3.37. The van der Waals surface area contributed by atoms with Crippen molar-refractivity contribution in [1.82, 2.24) is 0 Å². The summed E-state index contributed by atoms with van der Waals surface area (Å²) in [5.41, 5.74) is 1.01. The molecule has 0 bridgehead atoms. The molecule has 0 radical (unpaired) electrons. The monoisotopic (exact) mass is 344 g/mol. The zero-order valence-electron chi connectivity index (χ0n) is 13.6. The van der Waals surface area contributed by atoms with Crippen LogP contribution in [0.2, 0.25) is 0 Å². The molecule has 130 valence electrons. The van der Waals surface area contributed by atoms with E-state index in [0.717, 1.165) is 5.56 Å². The molecule has 0 fully saturated rings. The van der Waals surface area contributed by atoms with Crippen LogP contribution in [0.4, 0.5) is 11.4 Å². The quantitative estimate of drug-likeness (QED) is 0.490. The molecule has 2 aromatic rings. The van der Waals surface area contributed by atoms with E-state index in [1.165, 1.54) is 25.3 Å². The van der Waals surface area contributed by atoms with Crippen LogP contribution in [0.15, 0.2) is 42.5 Å². The first-order valence-corrected chi connectivity index (χ1v) is 7.27. The number of rotatable bonds is 6. The van der Waals surface area contributed by atoms with Crippen LogP contribution in [0, 0.1) is 17.0 Å². The van der Waals surface area contributed by atoms with Crippen LogP contribution in [0.25, 0.3) is 0 Å². The van der Waals surface area contributed by atoms with E-state index in [1.54, 1.807) is 31.2 Å². The predicted molar refractivity (Wildman–Crippen MR) is 89.7 cm³/mol. The van der Waals surface area contributed by atoms with E-state index < -0.39 is 23.4 Å². The molecule has 8 heteroatoms. The fourth-order valence-corrected chi connectivity index (χ4v) is 2.10. The number of esters is 1. The van der Waals surface area contributed by atoms with Crippen molar-refractivity contribution in [3.05, 3.63) is 63.7 Å². The largest absolute Gasteiger partial charge is 0.495 e. The fraction of sp³-hybridized carbons (Fsp3) is 0.176. The van der Waals surface area contributed by atoms with Crippen molar-refractivity contribution in [2.75, 3.05) is 19.0 Å². The van der Waals surface area contributed by atoms with Crippen LogP contribution < -0.4 is 10.1 Å². The number of ether oxygens (including phenoxy) is 2. The van der Waals surface area contributed by atoms with Gasteiger partial charge in [0.25, 0.3) is 11.6 Å². The minimum Gasteiger partial charge on any atom is -0.495 e. The summed E-state index contributed by atoms with van der Waals surface area (Å²) in [6.45, 7) is 1.23. The molecule has 0 aromatic heterocycles. The maximum atomic E-state index is 12.0. The molecule has 1 N–H and O–H groups in total. The summed E-state index contributed by atoms with van der Waals surface area (Å²) < 4.78 is 10.0. The number of anilines is 1. The van der Waals surface area contributed by atoms with Gasteiger partial charge < -0.3 is 14.8 Å². The Morgan fingerprint density at radius 3 is 2.56 bits per heavy atom. The molecule has 0 heterocycles. The second kappa shape index (κ2) is 7.91. The molecule has 25 heavy (non-hydrogen) atoms. The first-order chi connectivity index (χ1) is 11.9. The Morgan fingerprint density at radius 1 is 1.20 bits per heavy atom. The van der Waals surface area contributed by atoms with Gasteiger partial charge in [-0.15, -0.1) is 0 Å². The molecular weight excluding hydrogens is 328 g/mol. The Hall–Kier alpha value is -3.42. The summed E-state index contributed by atoms with van der Waals surface area (Å²) in [6, 6.07) is 10.6. The molecule has 2 aromatic carbocycles. The van der Waals surface area contributed by atoms with E-state index in [4.69, 9.17) is 9.47 Å².